The molecule has 0 bridgehead atoms. The number of carbonyl (C=O) groups excluding carboxylic acids is 1. The molecule has 0 atom stereocenters. The first-order chi connectivity index (χ1) is 9.19. The van der Waals surface area contributed by atoms with Gasteiger partial charge in [0.05, 0.1) is 6.54 Å². The average molecular weight is 283 g/mol. The SMILES string of the molecule is O=C1CN(CCCO)CCN1Cc1ccc(Cl)cc1. The second-order valence-electron chi connectivity index (χ2n) is 4.80. The van der Waals surface area contributed by atoms with Crippen molar-refractivity contribution in [3.05, 3.63) is 34.9 Å². The number of aliphatic hydroxyl groups excluding tert-OH is 1. The van der Waals surface area contributed by atoms with E-state index in [1.54, 1.807) is 0 Å². The number of hydrogen-bond donors (Lipinski definition) is 1. The van der Waals surface area contributed by atoms with Crippen LogP contribution in [0.15, 0.2) is 24.3 Å². The minimum atomic E-state index is 0.152. The van der Waals surface area contributed by atoms with Crippen molar-refractivity contribution >= 4 is 17.5 Å². The molecule has 1 aromatic carbocycles. The molecule has 4 nitrogen and oxygen atoms in total. The molecule has 1 amide bonds. The van der Waals surface area contributed by atoms with Crippen LogP contribution in [-0.4, -0.2) is 53.6 Å². The van der Waals surface area contributed by atoms with E-state index in [9.17, 15) is 4.79 Å². The number of aliphatic hydroxyl groups is 1. The number of rotatable bonds is 5. The molecule has 2 rings (SSSR count). The van der Waals surface area contributed by atoms with E-state index < -0.39 is 0 Å². The summed E-state index contributed by atoms with van der Waals surface area (Å²) >= 11 is 5.84. The predicted octanol–water partition coefficient (Wildman–Crippen LogP) is 1.37. The molecule has 104 valence electrons. The van der Waals surface area contributed by atoms with Crippen LogP contribution >= 0.6 is 11.6 Å². The Balaban J connectivity index is 1.86. The second-order valence-corrected chi connectivity index (χ2v) is 5.23. The van der Waals surface area contributed by atoms with Gasteiger partial charge in [-0.1, -0.05) is 23.7 Å². The molecule has 1 N–H and O–H groups in total. The van der Waals surface area contributed by atoms with Crippen LogP contribution in [0.2, 0.25) is 5.02 Å². The highest BCUT2D eigenvalue weighted by Gasteiger charge is 2.23. The molecule has 1 fully saturated rings. The lowest BCUT2D eigenvalue weighted by Crippen LogP contribution is -2.50. The first kappa shape index (κ1) is 14.3. The van der Waals surface area contributed by atoms with Gasteiger partial charge in [-0.05, 0) is 24.1 Å². The lowest BCUT2D eigenvalue weighted by molar-refractivity contribution is -0.136. The summed E-state index contributed by atoms with van der Waals surface area (Å²) in [5.74, 6) is 0.152. The number of hydrogen-bond acceptors (Lipinski definition) is 3. The Morgan fingerprint density at radius 3 is 2.58 bits per heavy atom. The quantitative estimate of drug-likeness (QED) is 0.887. The average Bonchev–Trinajstić information content (AvgIpc) is 2.41. The van der Waals surface area contributed by atoms with E-state index >= 15 is 0 Å². The maximum absolute atomic E-state index is 12.0. The first-order valence-corrected chi connectivity index (χ1v) is 6.92. The third-order valence-electron chi connectivity index (χ3n) is 3.32. The largest absolute Gasteiger partial charge is 0.396 e. The molecule has 19 heavy (non-hydrogen) atoms. The molecule has 0 unspecified atom stereocenters. The molecule has 0 radical (unpaired) electrons. The molecule has 0 aromatic heterocycles. The van der Waals surface area contributed by atoms with Crippen molar-refractivity contribution in [2.45, 2.75) is 13.0 Å². The van der Waals surface area contributed by atoms with Crippen molar-refractivity contribution in [2.24, 2.45) is 0 Å². The van der Waals surface area contributed by atoms with Crippen LogP contribution in [0.5, 0.6) is 0 Å². The Bertz CT molecular complexity index is 422. The van der Waals surface area contributed by atoms with Gasteiger partial charge in [0.2, 0.25) is 5.91 Å². The van der Waals surface area contributed by atoms with Crippen LogP contribution in [0, 0.1) is 0 Å². The lowest BCUT2D eigenvalue weighted by atomic mass is 10.2. The van der Waals surface area contributed by atoms with E-state index in [0.717, 1.165) is 31.6 Å². The summed E-state index contributed by atoms with van der Waals surface area (Å²) in [7, 11) is 0. The van der Waals surface area contributed by atoms with Crippen LogP contribution in [0.4, 0.5) is 0 Å². The van der Waals surface area contributed by atoms with Crippen molar-refractivity contribution < 1.29 is 9.90 Å². The Morgan fingerprint density at radius 1 is 1.21 bits per heavy atom. The van der Waals surface area contributed by atoms with Crippen LogP contribution in [-0.2, 0) is 11.3 Å². The highest BCUT2D eigenvalue weighted by Crippen LogP contribution is 2.13. The Morgan fingerprint density at radius 2 is 1.95 bits per heavy atom. The van der Waals surface area contributed by atoms with Gasteiger partial charge in [0.1, 0.15) is 0 Å². The van der Waals surface area contributed by atoms with Gasteiger partial charge < -0.3 is 10.0 Å². The summed E-state index contributed by atoms with van der Waals surface area (Å²) in [6.45, 7) is 3.68. The van der Waals surface area contributed by atoms with E-state index in [1.807, 2.05) is 29.2 Å². The van der Waals surface area contributed by atoms with Crippen molar-refractivity contribution in [1.29, 1.82) is 0 Å². The van der Waals surface area contributed by atoms with E-state index in [1.165, 1.54) is 0 Å². The summed E-state index contributed by atoms with van der Waals surface area (Å²) in [5, 5.41) is 9.51. The van der Waals surface area contributed by atoms with E-state index in [4.69, 9.17) is 16.7 Å². The standard InChI is InChI=1S/C14H19ClN2O2/c15-13-4-2-12(3-5-13)10-17-8-7-16(6-1-9-18)11-14(17)19/h2-5,18H,1,6-11H2. The lowest BCUT2D eigenvalue weighted by Gasteiger charge is -2.34. The zero-order chi connectivity index (χ0) is 13.7. The monoisotopic (exact) mass is 282 g/mol. The molecule has 5 heteroatoms. The fraction of sp³-hybridized carbons (Fsp3) is 0.500. The molecule has 1 heterocycles. The summed E-state index contributed by atoms with van der Waals surface area (Å²) < 4.78 is 0. The maximum atomic E-state index is 12.0. The summed E-state index contributed by atoms with van der Waals surface area (Å²) in [5.41, 5.74) is 1.10. The fourth-order valence-electron chi connectivity index (χ4n) is 2.22. The molecule has 1 aromatic rings. The van der Waals surface area contributed by atoms with Gasteiger partial charge >= 0.3 is 0 Å². The summed E-state index contributed by atoms with van der Waals surface area (Å²) in [6, 6.07) is 7.60. The number of halogens is 1. The molecule has 1 aliphatic rings. The maximum Gasteiger partial charge on any atom is 0.237 e. The number of piperazine rings is 1. The van der Waals surface area contributed by atoms with Gasteiger partial charge in [0.15, 0.2) is 0 Å². The second kappa shape index (κ2) is 6.89. The van der Waals surface area contributed by atoms with E-state index in [2.05, 4.69) is 4.90 Å². The van der Waals surface area contributed by atoms with Crippen LogP contribution < -0.4 is 0 Å². The third-order valence-corrected chi connectivity index (χ3v) is 3.57. The van der Waals surface area contributed by atoms with Gasteiger partial charge in [-0.25, -0.2) is 0 Å². The van der Waals surface area contributed by atoms with Gasteiger partial charge in [-0.2, -0.15) is 0 Å². The van der Waals surface area contributed by atoms with Crippen molar-refractivity contribution in [3.63, 3.8) is 0 Å². The smallest absolute Gasteiger partial charge is 0.237 e. The van der Waals surface area contributed by atoms with E-state index in [-0.39, 0.29) is 12.5 Å². The normalized spacial score (nSPS) is 16.9. The molecule has 1 aliphatic heterocycles. The van der Waals surface area contributed by atoms with Gasteiger partial charge in [-0.3, -0.25) is 9.69 Å². The topological polar surface area (TPSA) is 43.8 Å². The number of nitrogens with zero attached hydrogens (tertiary/aromatic N) is 2. The third kappa shape index (κ3) is 4.20. The number of amides is 1. The zero-order valence-corrected chi connectivity index (χ0v) is 11.6. The van der Waals surface area contributed by atoms with Crippen molar-refractivity contribution in [2.75, 3.05) is 32.8 Å². The summed E-state index contributed by atoms with van der Waals surface area (Å²) in [6.07, 6.45) is 0.727. The van der Waals surface area contributed by atoms with Crippen LogP contribution in [0.3, 0.4) is 0 Å². The molecule has 0 spiro atoms. The van der Waals surface area contributed by atoms with Gasteiger partial charge in [0, 0.05) is 37.8 Å². The predicted molar refractivity (Wildman–Crippen MR) is 75.0 cm³/mol. The molecular weight excluding hydrogens is 264 g/mol. The minimum absolute atomic E-state index is 0.152. The molecule has 0 saturated carbocycles. The van der Waals surface area contributed by atoms with Crippen LogP contribution in [0.25, 0.3) is 0 Å². The Hall–Kier alpha value is -1.10. The van der Waals surface area contributed by atoms with Crippen molar-refractivity contribution in [1.82, 2.24) is 9.80 Å². The zero-order valence-electron chi connectivity index (χ0n) is 10.9. The highest BCUT2D eigenvalue weighted by atomic mass is 35.5. The van der Waals surface area contributed by atoms with Crippen LogP contribution in [0.1, 0.15) is 12.0 Å². The first-order valence-electron chi connectivity index (χ1n) is 6.54. The molecule has 1 saturated heterocycles. The molecular formula is C14H19ClN2O2. The van der Waals surface area contributed by atoms with Gasteiger partial charge in [-0.15, -0.1) is 0 Å². The number of carbonyl (C=O) groups is 1. The number of benzene rings is 1. The van der Waals surface area contributed by atoms with E-state index in [0.29, 0.717) is 18.1 Å². The fourth-order valence-corrected chi connectivity index (χ4v) is 2.35. The summed E-state index contributed by atoms with van der Waals surface area (Å²) in [4.78, 5) is 16.0. The van der Waals surface area contributed by atoms with Crippen molar-refractivity contribution in [3.8, 4) is 0 Å². The van der Waals surface area contributed by atoms with Gasteiger partial charge in [0.25, 0.3) is 0 Å². The Labute approximate surface area is 118 Å². The highest BCUT2D eigenvalue weighted by molar-refractivity contribution is 6.30. The Kier molecular flexibility index (Phi) is 5.19. The minimum Gasteiger partial charge on any atom is -0.396 e. The molecule has 0 aliphatic carbocycles.